The van der Waals surface area contributed by atoms with Gasteiger partial charge in [0.15, 0.2) is 5.96 Å². The summed E-state index contributed by atoms with van der Waals surface area (Å²) in [6, 6.07) is 14.7. The molecule has 0 amide bonds. The van der Waals surface area contributed by atoms with Crippen molar-refractivity contribution in [3.05, 3.63) is 76.5 Å². The van der Waals surface area contributed by atoms with Crippen LogP contribution in [0.2, 0.25) is 0 Å². The van der Waals surface area contributed by atoms with Gasteiger partial charge in [-0.15, -0.1) is 11.3 Å². The van der Waals surface area contributed by atoms with Gasteiger partial charge in [-0.25, -0.2) is 4.98 Å². The van der Waals surface area contributed by atoms with E-state index in [1.165, 1.54) is 10.4 Å². The van der Waals surface area contributed by atoms with E-state index in [9.17, 15) is 0 Å². The van der Waals surface area contributed by atoms with Crippen LogP contribution in [-0.2, 0) is 19.5 Å². The molecule has 5 nitrogen and oxygen atoms in total. The van der Waals surface area contributed by atoms with Crippen LogP contribution in [0.25, 0.3) is 0 Å². The lowest BCUT2D eigenvalue weighted by Gasteiger charge is -2.22. The highest BCUT2D eigenvalue weighted by atomic mass is 32.1. The summed E-state index contributed by atoms with van der Waals surface area (Å²) in [6.45, 7) is 2.40. The smallest absolute Gasteiger partial charge is 0.193 e. The maximum atomic E-state index is 4.49. The molecule has 0 aliphatic carbocycles. The first-order chi connectivity index (χ1) is 12.8. The molecular weight excluding hydrogens is 342 g/mol. The molecule has 3 rings (SSSR count). The molecule has 0 aliphatic heterocycles. The molecule has 0 fully saturated rings. The number of likely N-dealkylation sites (N-methyl/N-ethyl adjacent to an activating group) is 1. The summed E-state index contributed by atoms with van der Waals surface area (Å²) in [5.41, 5.74) is 1.27. The van der Waals surface area contributed by atoms with E-state index in [1.54, 1.807) is 11.3 Å². The van der Waals surface area contributed by atoms with Crippen LogP contribution in [0, 0.1) is 0 Å². The monoisotopic (exact) mass is 367 g/mol. The Hall–Kier alpha value is -2.60. The van der Waals surface area contributed by atoms with Gasteiger partial charge in [-0.05, 0) is 23.4 Å². The molecule has 2 aromatic heterocycles. The highest BCUT2D eigenvalue weighted by molar-refractivity contribution is 7.09. The summed E-state index contributed by atoms with van der Waals surface area (Å²) in [4.78, 5) is 12.4. The largest absolute Gasteiger partial charge is 0.349 e. The van der Waals surface area contributed by atoms with Crippen LogP contribution in [-0.4, -0.2) is 41.1 Å². The highest BCUT2D eigenvalue weighted by Gasteiger charge is 2.09. The number of nitrogens with one attached hydrogen (secondary N) is 1. The summed E-state index contributed by atoms with van der Waals surface area (Å²) < 4.78 is 2.17. The predicted octanol–water partition coefficient (Wildman–Crippen LogP) is 3.24. The van der Waals surface area contributed by atoms with Gasteiger partial charge in [0.05, 0.1) is 6.54 Å². The maximum Gasteiger partial charge on any atom is 0.193 e. The van der Waals surface area contributed by atoms with E-state index in [1.807, 2.05) is 25.5 Å². The second-order valence-electron chi connectivity index (χ2n) is 6.11. The predicted molar refractivity (Wildman–Crippen MR) is 109 cm³/mol. The number of benzene rings is 1. The molecule has 0 saturated heterocycles. The number of rotatable bonds is 7. The maximum absolute atomic E-state index is 4.49. The van der Waals surface area contributed by atoms with Crippen molar-refractivity contribution >= 4 is 17.3 Å². The third-order valence-electron chi connectivity index (χ3n) is 4.25. The molecule has 0 unspecified atom stereocenters. The SMILES string of the molecule is CN=C(NCc1nccn1Cc1ccccc1)N(C)CCc1cccs1. The van der Waals surface area contributed by atoms with Crippen molar-refractivity contribution in [3.8, 4) is 0 Å². The first kappa shape index (κ1) is 18.2. The van der Waals surface area contributed by atoms with Gasteiger partial charge in [-0.3, -0.25) is 4.99 Å². The zero-order valence-corrected chi connectivity index (χ0v) is 16.1. The van der Waals surface area contributed by atoms with Gasteiger partial charge in [-0.1, -0.05) is 36.4 Å². The fourth-order valence-electron chi connectivity index (χ4n) is 2.81. The van der Waals surface area contributed by atoms with Gasteiger partial charge in [0, 0.05) is 44.5 Å². The summed E-state index contributed by atoms with van der Waals surface area (Å²) in [5.74, 6) is 1.89. The number of aliphatic imine (C=N–C) groups is 1. The molecule has 6 heteroatoms. The second-order valence-corrected chi connectivity index (χ2v) is 7.14. The average molecular weight is 368 g/mol. The van der Waals surface area contributed by atoms with Crippen molar-refractivity contribution in [1.29, 1.82) is 0 Å². The van der Waals surface area contributed by atoms with E-state index < -0.39 is 0 Å². The van der Waals surface area contributed by atoms with Crippen molar-refractivity contribution in [2.24, 2.45) is 4.99 Å². The third kappa shape index (κ3) is 4.95. The molecule has 1 aromatic carbocycles. The van der Waals surface area contributed by atoms with Crippen molar-refractivity contribution < 1.29 is 0 Å². The van der Waals surface area contributed by atoms with Crippen LogP contribution in [0.5, 0.6) is 0 Å². The van der Waals surface area contributed by atoms with E-state index in [0.717, 1.165) is 31.3 Å². The van der Waals surface area contributed by atoms with Crippen molar-refractivity contribution in [1.82, 2.24) is 19.8 Å². The van der Waals surface area contributed by atoms with Crippen LogP contribution in [0.1, 0.15) is 16.3 Å². The number of imidazole rings is 1. The van der Waals surface area contributed by atoms with Crippen molar-refractivity contribution in [3.63, 3.8) is 0 Å². The molecule has 0 spiro atoms. The average Bonchev–Trinajstić information content (AvgIpc) is 3.33. The molecule has 1 N–H and O–H groups in total. The second kappa shape index (κ2) is 9.20. The first-order valence-corrected chi connectivity index (χ1v) is 9.62. The number of thiophene rings is 1. The molecule has 26 heavy (non-hydrogen) atoms. The Balaban J connectivity index is 1.54. The van der Waals surface area contributed by atoms with Crippen LogP contribution in [0.15, 0.2) is 65.2 Å². The number of hydrogen-bond acceptors (Lipinski definition) is 3. The summed E-state index contributed by atoms with van der Waals surface area (Å²) in [7, 11) is 3.89. The zero-order valence-electron chi connectivity index (χ0n) is 15.3. The van der Waals surface area contributed by atoms with E-state index in [0.29, 0.717) is 6.54 Å². The topological polar surface area (TPSA) is 45.5 Å². The van der Waals surface area contributed by atoms with E-state index in [2.05, 4.69) is 73.6 Å². The minimum absolute atomic E-state index is 0.649. The summed E-state index contributed by atoms with van der Waals surface area (Å²) in [6.07, 6.45) is 4.90. The Bertz CT molecular complexity index is 808. The van der Waals surface area contributed by atoms with Crippen LogP contribution in [0.4, 0.5) is 0 Å². The molecule has 0 bridgehead atoms. The minimum Gasteiger partial charge on any atom is -0.349 e. The normalized spacial score (nSPS) is 11.5. The fourth-order valence-corrected chi connectivity index (χ4v) is 3.51. The Labute approximate surface area is 159 Å². The Morgan fingerprint density at radius 1 is 1.23 bits per heavy atom. The van der Waals surface area contributed by atoms with Crippen molar-refractivity contribution in [2.45, 2.75) is 19.5 Å². The quantitative estimate of drug-likeness (QED) is 0.515. The summed E-state index contributed by atoms with van der Waals surface area (Å²) in [5, 5.41) is 5.54. The molecule has 0 atom stereocenters. The van der Waals surface area contributed by atoms with Crippen LogP contribution < -0.4 is 5.32 Å². The van der Waals surface area contributed by atoms with Gasteiger partial charge in [0.1, 0.15) is 5.82 Å². The Kier molecular flexibility index (Phi) is 6.44. The molecule has 0 aliphatic rings. The number of aromatic nitrogens is 2. The Morgan fingerprint density at radius 3 is 2.81 bits per heavy atom. The molecule has 136 valence electrons. The summed E-state index contributed by atoms with van der Waals surface area (Å²) >= 11 is 1.80. The Morgan fingerprint density at radius 2 is 2.08 bits per heavy atom. The van der Waals surface area contributed by atoms with Gasteiger partial charge in [0.25, 0.3) is 0 Å². The highest BCUT2D eigenvalue weighted by Crippen LogP contribution is 2.09. The lowest BCUT2D eigenvalue weighted by Crippen LogP contribution is -2.39. The van der Waals surface area contributed by atoms with Crippen LogP contribution in [0.3, 0.4) is 0 Å². The number of hydrogen-bond donors (Lipinski definition) is 1. The van der Waals surface area contributed by atoms with Gasteiger partial charge >= 0.3 is 0 Å². The van der Waals surface area contributed by atoms with Gasteiger partial charge in [-0.2, -0.15) is 0 Å². The van der Waals surface area contributed by atoms with Crippen molar-refractivity contribution in [2.75, 3.05) is 20.6 Å². The fraction of sp³-hybridized carbons (Fsp3) is 0.300. The lowest BCUT2D eigenvalue weighted by molar-refractivity contribution is 0.484. The van der Waals surface area contributed by atoms with Crippen LogP contribution >= 0.6 is 11.3 Å². The van der Waals surface area contributed by atoms with Gasteiger partial charge < -0.3 is 14.8 Å². The zero-order chi connectivity index (χ0) is 18.2. The van der Waals surface area contributed by atoms with E-state index >= 15 is 0 Å². The lowest BCUT2D eigenvalue weighted by atomic mass is 10.2. The first-order valence-electron chi connectivity index (χ1n) is 8.74. The van der Waals surface area contributed by atoms with Gasteiger partial charge in [0.2, 0.25) is 0 Å². The third-order valence-corrected chi connectivity index (χ3v) is 5.19. The molecule has 0 saturated carbocycles. The van der Waals surface area contributed by atoms with E-state index in [-0.39, 0.29) is 0 Å². The molecular formula is C20H25N5S. The van der Waals surface area contributed by atoms with E-state index in [4.69, 9.17) is 0 Å². The minimum atomic E-state index is 0.649. The molecule has 2 heterocycles. The molecule has 0 radical (unpaired) electrons. The number of nitrogens with zero attached hydrogens (tertiary/aromatic N) is 4. The molecule has 3 aromatic rings. The number of guanidine groups is 1. The standard InChI is InChI=1S/C20H25N5S/c1-21-20(24(2)12-10-18-9-6-14-26-18)23-15-19-22-11-13-25(19)16-17-7-4-3-5-8-17/h3-9,11,13-14H,10,12,15-16H2,1-2H3,(H,21,23).